The maximum absolute atomic E-state index is 14.6. The van der Waals surface area contributed by atoms with E-state index in [1.54, 1.807) is 49.5 Å². The number of pyridine rings is 2. The summed E-state index contributed by atoms with van der Waals surface area (Å²) in [5, 5.41) is 7.97. The molecule has 1 unspecified atom stereocenters. The van der Waals surface area contributed by atoms with Gasteiger partial charge in [-0.25, -0.2) is 14.8 Å². The number of hydrogen-bond donors (Lipinski definition) is 2. The van der Waals surface area contributed by atoms with E-state index in [-0.39, 0.29) is 31.4 Å². The molecule has 2 aliphatic rings. The van der Waals surface area contributed by atoms with Gasteiger partial charge in [-0.1, -0.05) is 25.0 Å². The van der Waals surface area contributed by atoms with Crippen molar-refractivity contribution in [2.75, 3.05) is 32.7 Å². The van der Waals surface area contributed by atoms with Gasteiger partial charge in [0.1, 0.15) is 29.5 Å². The van der Waals surface area contributed by atoms with Crippen LogP contribution < -0.4 is 24.8 Å². The molecule has 12 heteroatoms. The molecular weight excluding hydrogens is 638 g/mol. The van der Waals surface area contributed by atoms with Crippen molar-refractivity contribution in [2.24, 2.45) is 5.92 Å². The van der Waals surface area contributed by atoms with Crippen LogP contribution in [0.3, 0.4) is 0 Å². The Labute approximate surface area is 293 Å². The second-order valence-corrected chi connectivity index (χ2v) is 12.6. The van der Waals surface area contributed by atoms with E-state index in [1.807, 2.05) is 30.3 Å². The summed E-state index contributed by atoms with van der Waals surface area (Å²) >= 11 is 0. The molecule has 1 aliphatic carbocycles. The number of anilines is 1. The first-order valence-electron chi connectivity index (χ1n) is 17.2. The molecule has 0 spiro atoms. The van der Waals surface area contributed by atoms with Gasteiger partial charge in [0.05, 0.1) is 39.3 Å². The summed E-state index contributed by atoms with van der Waals surface area (Å²) in [6.07, 6.45) is 10.9. The Bertz CT molecular complexity index is 1680. The predicted octanol–water partition coefficient (Wildman–Crippen LogP) is 5.24. The molecule has 5 rings (SSSR count). The molecule has 2 aromatic heterocycles. The van der Waals surface area contributed by atoms with Crippen molar-refractivity contribution in [1.29, 1.82) is 0 Å². The molecule has 3 heterocycles. The third kappa shape index (κ3) is 8.18. The zero-order valence-corrected chi connectivity index (χ0v) is 29.1. The molecule has 2 amide bonds. The van der Waals surface area contributed by atoms with Gasteiger partial charge in [0.2, 0.25) is 23.6 Å². The molecule has 1 saturated heterocycles. The number of fused-ring (bicyclic) bond motifs is 1. The number of hydrogen-bond acceptors (Lipinski definition) is 10. The molecule has 3 aromatic rings. The first-order valence-corrected chi connectivity index (χ1v) is 17.2. The number of nitrogens with one attached hydrogen (secondary N) is 2. The molecule has 1 aliphatic heterocycles. The van der Waals surface area contributed by atoms with Gasteiger partial charge in [-0.3, -0.25) is 9.59 Å². The minimum atomic E-state index is -1.21. The molecule has 0 radical (unpaired) electrons. The van der Waals surface area contributed by atoms with E-state index >= 15 is 0 Å². The summed E-state index contributed by atoms with van der Waals surface area (Å²) in [5.74, 6) is 0.0548. The standard InChI is InChI=1S/C38H47N5O7/c1-6-9-10-11-12-13-31(41-27-14-17-33(48-5)40-23-27)36(45)43-24-29(50-35-30-16-15-28(47-4)20-25(30)18-19-39-35)21-32(43)34(44)42-38(22-26(38)7-2)37(46)49-8-3/h6-7,14-20,23,26,29,31-32,41H,1-2,8-13,21-22,24H2,3-5H3,(H,42,44)/t26-,29-,31?,32+,38-/m1/s1. The van der Waals surface area contributed by atoms with Gasteiger partial charge >= 0.3 is 5.97 Å². The number of ether oxygens (including phenoxy) is 4. The van der Waals surface area contributed by atoms with Crippen LogP contribution in [0.15, 0.2) is 74.1 Å². The highest BCUT2D eigenvalue weighted by Gasteiger charge is 2.62. The number of esters is 1. The van der Waals surface area contributed by atoms with Gasteiger partial charge in [0, 0.05) is 30.0 Å². The highest BCUT2D eigenvalue weighted by Crippen LogP contribution is 2.46. The molecule has 0 bridgehead atoms. The lowest BCUT2D eigenvalue weighted by atomic mass is 10.0. The summed E-state index contributed by atoms with van der Waals surface area (Å²) in [6.45, 7) is 9.68. The molecule has 2 fully saturated rings. The SMILES string of the molecule is C=CCCCCCC(Nc1ccc(OC)nc1)C(=O)N1C[C@H](Oc2nccc3cc(OC)ccc23)C[C@H]1C(=O)N[C@]1(C(=O)OCC)C[C@H]1C=C. The molecule has 2 N–H and O–H groups in total. The maximum atomic E-state index is 14.6. The predicted molar refractivity (Wildman–Crippen MR) is 190 cm³/mol. The average Bonchev–Trinajstić information content (AvgIpc) is 3.69. The third-order valence-corrected chi connectivity index (χ3v) is 9.33. The fourth-order valence-corrected chi connectivity index (χ4v) is 6.51. The van der Waals surface area contributed by atoms with Crippen LogP contribution in [0.2, 0.25) is 0 Å². The number of benzene rings is 1. The number of carbonyl (C=O) groups excluding carboxylic acids is 3. The smallest absolute Gasteiger partial charge is 0.332 e. The van der Waals surface area contributed by atoms with Gasteiger partial charge in [0.25, 0.3) is 0 Å². The molecule has 50 heavy (non-hydrogen) atoms. The largest absolute Gasteiger partial charge is 0.497 e. The Morgan fingerprint density at radius 3 is 2.60 bits per heavy atom. The van der Waals surface area contributed by atoms with Crippen molar-refractivity contribution in [2.45, 2.75) is 75.6 Å². The van der Waals surface area contributed by atoms with E-state index in [1.165, 1.54) is 7.11 Å². The van der Waals surface area contributed by atoms with E-state index in [9.17, 15) is 14.4 Å². The summed E-state index contributed by atoms with van der Waals surface area (Å²) in [5.41, 5.74) is -0.567. The highest BCUT2D eigenvalue weighted by atomic mass is 16.5. The van der Waals surface area contributed by atoms with E-state index in [4.69, 9.17) is 18.9 Å². The van der Waals surface area contributed by atoms with Crippen LogP contribution in [-0.4, -0.2) is 83.7 Å². The topological polar surface area (TPSA) is 141 Å². The van der Waals surface area contributed by atoms with Crippen LogP contribution in [0, 0.1) is 5.92 Å². The van der Waals surface area contributed by atoms with Gasteiger partial charge in [-0.15, -0.1) is 13.2 Å². The fourth-order valence-electron chi connectivity index (χ4n) is 6.51. The number of nitrogens with zero attached hydrogens (tertiary/aromatic N) is 3. The Morgan fingerprint density at radius 2 is 1.92 bits per heavy atom. The van der Waals surface area contributed by atoms with E-state index in [0.29, 0.717) is 36.0 Å². The first-order chi connectivity index (χ1) is 24.3. The molecule has 1 aromatic carbocycles. The zero-order valence-electron chi connectivity index (χ0n) is 29.1. The van der Waals surface area contributed by atoms with Gasteiger partial charge in [0.15, 0.2) is 0 Å². The monoisotopic (exact) mass is 685 g/mol. The third-order valence-electron chi connectivity index (χ3n) is 9.33. The average molecular weight is 686 g/mol. The quantitative estimate of drug-likeness (QED) is 0.104. The number of methoxy groups -OCH3 is 2. The van der Waals surface area contributed by atoms with Gasteiger partial charge in [-0.2, -0.15) is 0 Å². The second kappa shape index (κ2) is 16.5. The number of rotatable bonds is 18. The Hall–Kier alpha value is -5.13. The van der Waals surface area contributed by atoms with Crippen molar-refractivity contribution in [3.63, 3.8) is 0 Å². The highest BCUT2D eigenvalue weighted by molar-refractivity contribution is 5.96. The maximum Gasteiger partial charge on any atom is 0.332 e. The number of aromatic nitrogens is 2. The number of unbranched alkanes of at least 4 members (excludes halogenated alkanes) is 3. The molecule has 266 valence electrons. The number of likely N-dealkylation sites (tertiary alicyclic amines) is 1. The Kier molecular flexibility index (Phi) is 11.9. The van der Waals surface area contributed by atoms with Crippen LogP contribution in [0.1, 0.15) is 51.9 Å². The summed E-state index contributed by atoms with van der Waals surface area (Å²) in [4.78, 5) is 52.1. The Balaban J connectivity index is 1.43. The molecule has 1 saturated carbocycles. The van der Waals surface area contributed by atoms with E-state index < -0.39 is 35.6 Å². The van der Waals surface area contributed by atoms with Crippen molar-refractivity contribution in [3.8, 4) is 17.5 Å². The second-order valence-electron chi connectivity index (χ2n) is 12.6. The van der Waals surface area contributed by atoms with Crippen molar-refractivity contribution in [3.05, 3.63) is 74.1 Å². The number of amides is 2. The molecule has 12 nitrogen and oxygen atoms in total. The number of allylic oxidation sites excluding steroid dienone is 1. The normalized spacial score (nSPS) is 21.5. The molecule has 5 atom stereocenters. The van der Waals surface area contributed by atoms with Crippen LogP contribution >= 0.6 is 0 Å². The minimum Gasteiger partial charge on any atom is -0.497 e. The first kappa shape index (κ1) is 36.2. The summed E-state index contributed by atoms with van der Waals surface area (Å²) in [6, 6.07) is 9.41. The van der Waals surface area contributed by atoms with Crippen molar-refractivity contribution >= 4 is 34.2 Å². The minimum absolute atomic E-state index is 0.137. The zero-order chi connectivity index (χ0) is 35.7. The molecular formula is C38H47N5O7. The van der Waals surface area contributed by atoms with Crippen LogP contribution in [0.25, 0.3) is 10.8 Å². The van der Waals surface area contributed by atoms with Crippen molar-refractivity contribution < 1.29 is 33.3 Å². The van der Waals surface area contributed by atoms with Gasteiger partial charge < -0.3 is 34.5 Å². The summed E-state index contributed by atoms with van der Waals surface area (Å²) in [7, 11) is 3.15. The van der Waals surface area contributed by atoms with Crippen LogP contribution in [-0.2, 0) is 19.1 Å². The summed E-state index contributed by atoms with van der Waals surface area (Å²) < 4.78 is 22.4. The fraction of sp³-hybridized carbons (Fsp3) is 0.447. The van der Waals surface area contributed by atoms with E-state index in [2.05, 4.69) is 33.8 Å². The number of carbonyl (C=O) groups is 3. The lowest BCUT2D eigenvalue weighted by molar-refractivity contribution is -0.150. The van der Waals surface area contributed by atoms with Gasteiger partial charge in [-0.05, 0) is 68.3 Å². The van der Waals surface area contributed by atoms with Crippen LogP contribution in [0.4, 0.5) is 5.69 Å². The lowest BCUT2D eigenvalue weighted by Crippen LogP contribution is -2.55. The Morgan fingerprint density at radius 1 is 1.08 bits per heavy atom. The lowest BCUT2D eigenvalue weighted by Gasteiger charge is -2.30. The van der Waals surface area contributed by atoms with E-state index in [0.717, 1.165) is 36.5 Å². The van der Waals surface area contributed by atoms with Crippen LogP contribution in [0.5, 0.6) is 17.5 Å². The van der Waals surface area contributed by atoms with Crippen molar-refractivity contribution in [1.82, 2.24) is 20.2 Å².